The number of phenolic OH excluding ortho intramolecular Hbond substituents is 1. The summed E-state index contributed by atoms with van der Waals surface area (Å²) in [5.74, 6) is 1.85. The second-order valence-electron chi connectivity index (χ2n) is 7.81. The van der Waals surface area contributed by atoms with Crippen molar-refractivity contribution in [3.05, 3.63) is 66.0 Å². The van der Waals surface area contributed by atoms with Crippen molar-refractivity contribution in [3.63, 3.8) is 0 Å². The van der Waals surface area contributed by atoms with Gasteiger partial charge in [0.2, 0.25) is 0 Å². The Labute approximate surface area is 241 Å². The van der Waals surface area contributed by atoms with Crippen molar-refractivity contribution in [1.82, 2.24) is 19.9 Å². The maximum absolute atomic E-state index is 9.51. The van der Waals surface area contributed by atoms with Gasteiger partial charge < -0.3 is 25.3 Å². The van der Waals surface area contributed by atoms with Gasteiger partial charge in [-0.25, -0.2) is 9.97 Å². The minimum atomic E-state index is 0. The molecule has 5 aromatic rings. The maximum Gasteiger partial charge on any atom is 0.138 e. The number of nitrogens with zero attached hydrogens (tertiary/aromatic N) is 4. The molecule has 1 aliphatic heterocycles. The zero-order valence-electron chi connectivity index (χ0n) is 18.0. The van der Waals surface area contributed by atoms with E-state index in [0.29, 0.717) is 0 Å². The van der Waals surface area contributed by atoms with Crippen LogP contribution in [-0.4, -0.2) is 51.2 Å². The average molecular weight is 587 g/mol. The van der Waals surface area contributed by atoms with E-state index in [1.54, 1.807) is 12.1 Å². The van der Waals surface area contributed by atoms with Crippen LogP contribution in [0, 0.1) is 0 Å². The Bertz CT molecular complexity index is 1390. The van der Waals surface area contributed by atoms with Gasteiger partial charge in [-0.1, -0.05) is 0 Å². The van der Waals surface area contributed by atoms with Gasteiger partial charge in [0.15, 0.2) is 0 Å². The van der Waals surface area contributed by atoms with E-state index >= 15 is 0 Å². The van der Waals surface area contributed by atoms with Crippen LogP contribution in [0.3, 0.4) is 0 Å². The second-order valence-corrected chi connectivity index (χ2v) is 7.81. The Morgan fingerprint density at radius 3 is 2.00 bits per heavy atom. The first-order chi connectivity index (χ1) is 15.2. The number of phenols is 1. The summed E-state index contributed by atoms with van der Waals surface area (Å²) in [4.78, 5) is 18.7. The van der Waals surface area contributed by atoms with Gasteiger partial charge in [-0.15, -0.1) is 13.1 Å². The second kappa shape index (κ2) is 10.3. The monoisotopic (exact) mass is 587 g/mol. The van der Waals surface area contributed by atoms with Gasteiger partial charge in [0.25, 0.3) is 0 Å². The fraction of sp³-hybridized carbons (Fsp3) is 0.167. The predicted molar refractivity (Wildman–Crippen MR) is 124 cm³/mol. The van der Waals surface area contributed by atoms with Crippen molar-refractivity contribution in [2.75, 3.05) is 31.1 Å². The number of rotatable bonds is 3. The largest absolute Gasteiger partial charge is 0.659 e. The number of H-pyrrole nitrogens is 2. The molecule has 3 aromatic carbocycles. The van der Waals surface area contributed by atoms with Gasteiger partial charge in [0, 0.05) is 82.2 Å². The number of aromatic amines is 2. The van der Waals surface area contributed by atoms with E-state index in [-0.39, 0.29) is 71.2 Å². The molecule has 1 aliphatic rings. The molecule has 2 aromatic heterocycles. The number of piperazine rings is 1. The van der Waals surface area contributed by atoms with Crippen LogP contribution in [0.15, 0.2) is 60.7 Å². The maximum atomic E-state index is 9.51. The van der Waals surface area contributed by atoms with Crippen molar-refractivity contribution >= 4 is 27.8 Å². The van der Waals surface area contributed by atoms with Gasteiger partial charge in [-0.2, -0.15) is 0 Å². The number of benzene rings is 3. The van der Waals surface area contributed by atoms with E-state index in [2.05, 4.69) is 49.4 Å². The number of hydrogen-bond donors (Lipinski definition) is 3. The molecule has 0 atom stereocenters. The third-order valence-corrected chi connectivity index (χ3v) is 5.78. The Hall–Kier alpha value is -1.63. The molecule has 9 heteroatoms. The Morgan fingerprint density at radius 2 is 1.30 bits per heavy atom. The Kier molecular flexibility index (Phi) is 7.66. The van der Waals surface area contributed by atoms with Crippen LogP contribution >= 0.6 is 0 Å². The van der Waals surface area contributed by atoms with E-state index in [0.717, 1.165) is 71.0 Å². The minimum absolute atomic E-state index is 0. The third kappa shape index (κ3) is 4.94. The summed E-state index contributed by atoms with van der Waals surface area (Å²) in [5.41, 5.74) is 6.96. The smallest absolute Gasteiger partial charge is 0.138 e. The molecule has 0 aliphatic carbocycles. The molecule has 0 amide bonds. The van der Waals surface area contributed by atoms with Crippen LogP contribution in [0.2, 0.25) is 0 Å². The van der Waals surface area contributed by atoms with Gasteiger partial charge in [-0.05, 0) is 73.8 Å². The molecule has 3 heterocycles. The summed E-state index contributed by atoms with van der Waals surface area (Å²) in [5, 5.41) is 13.9. The van der Waals surface area contributed by atoms with Crippen molar-refractivity contribution in [3.8, 4) is 28.5 Å². The van der Waals surface area contributed by atoms with E-state index < -0.39 is 0 Å². The molecule has 1 fully saturated rings. The topological polar surface area (TPSA) is 94.9 Å². The average Bonchev–Trinajstić information content (AvgIpc) is 3.43. The van der Waals surface area contributed by atoms with E-state index in [1.807, 2.05) is 24.3 Å². The molecule has 33 heavy (non-hydrogen) atoms. The first kappa shape index (κ1) is 24.5. The molecule has 0 bridgehead atoms. The van der Waals surface area contributed by atoms with E-state index in [1.165, 1.54) is 5.69 Å². The van der Waals surface area contributed by atoms with Gasteiger partial charge >= 0.3 is 0 Å². The molecule has 0 saturated carbocycles. The van der Waals surface area contributed by atoms with Crippen LogP contribution in [0.4, 0.5) is 5.69 Å². The number of hydrogen-bond acceptors (Lipinski definition) is 4. The first-order valence-electron chi connectivity index (χ1n) is 10.4. The van der Waals surface area contributed by atoms with E-state index in [4.69, 9.17) is 4.98 Å². The van der Waals surface area contributed by atoms with E-state index in [9.17, 15) is 5.11 Å². The summed E-state index contributed by atoms with van der Waals surface area (Å²) < 4.78 is 0. The van der Waals surface area contributed by atoms with Gasteiger partial charge in [0.1, 0.15) is 17.4 Å². The number of fused-ring (bicyclic) bond motifs is 2. The summed E-state index contributed by atoms with van der Waals surface area (Å²) in [6, 6.07) is 19.5. The number of anilines is 1. The summed E-state index contributed by atoms with van der Waals surface area (Å²) in [6.45, 7) is 3.71. The molecule has 0 unspecified atom stereocenters. The predicted octanol–water partition coefficient (Wildman–Crippen LogP) is 4.67. The SMILES string of the molecule is Oc1ccc(-c2nc3ccc(-c4nc5ccc(N6CC[N-]CC6)cc5[nH]4)cc3[nH]2)cc1.[Y].[Y]. The minimum Gasteiger partial charge on any atom is -0.659 e. The zero-order chi connectivity index (χ0) is 20.8. The molecule has 2 radical (unpaired) electrons. The first-order valence-corrected chi connectivity index (χ1v) is 10.4. The zero-order valence-corrected chi connectivity index (χ0v) is 23.7. The number of nitrogens with one attached hydrogen (secondary N) is 2. The molecule has 1 saturated heterocycles. The number of aromatic nitrogens is 4. The van der Waals surface area contributed by atoms with Crippen LogP contribution in [0.25, 0.3) is 50.2 Å². The molecular weight excluding hydrogens is 566 g/mol. The van der Waals surface area contributed by atoms with Crippen molar-refractivity contribution in [2.45, 2.75) is 0 Å². The molecule has 3 N–H and O–H groups in total. The normalized spacial score (nSPS) is 13.6. The molecule has 6 rings (SSSR count). The summed E-state index contributed by atoms with van der Waals surface area (Å²) >= 11 is 0. The van der Waals surface area contributed by atoms with Crippen LogP contribution in [-0.2, 0) is 65.4 Å². The van der Waals surface area contributed by atoms with Crippen molar-refractivity contribution in [2.24, 2.45) is 0 Å². The van der Waals surface area contributed by atoms with Crippen LogP contribution in [0.1, 0.15) is 0 Å². The van der Waals surface area contributed by atoms with Gasteiger partial charge in [0.05, 0.1) is 22.1 Å². The quantitative estimate of drug-likeness (QED) is 0.286. The number of imidazole rings is 2. The van der Waals surface area contributed by atoms with Crippen LogP contribution < -0.4 is 4.90 Å². The molecule has 160 valence electrons. The van der Waals surface area contributed by atoms with Crippen LogP contribution in [0.5, 0.6) is 5.75 Å². The standard InChI is InChI=1S/C24H21N6O.2Y/c31-18-5-1-15(2-6-18)23-26-19-7-3-16(13-21(19)28-23)24-27-20-8-4-17(14-22(20)29-24)30-11-9-25-10-12-30;;/h1-8,13-14,31H,9-12H2,(H,26,28)(H,27,29);;/q-1;;. The number of aromatic hydroxyl groups is 1. The van der Waals surface area contributed by atoms with Crippen molar-refractivity contribution < 1.29 is 70.5 Å². The van der Waals surface area contributed by atoms with Gasteiger partial charge in [-0.3, -0.25) is 0 Å². The molecule has 0 spiro atoms. The Balaban J connectivity index is 0.00000130. The molecular formula is C24H21N6OY2-. The summed E-state index contributed by atoms with van der Waals surface area (Å²) in [6.07, 6.45) is 0. The Morgan fingerprint density at radius 1 is 0.727 bits per heavy atom. The van der Waals surface area contributed by atoms with Crippen molar-refractivity contribution in [1.29, 1.82) is 0 Å². The molecule has 7 nitrogen and oxygen atoms in total. The fourth-order valence-electron chi connectivity index (χ4n) is 4.11. The fourth-order valence-corrected chi connectivity index (χ4v) is 4.11. The third-order valence-electron chi connectivity index (χ3n) is 5.78. The summed E-state index contributed by atoms with van der Waals surface area (Å²) in [7, 11) is 0.